The van der Waals surface area contributed by atoms with Crippen LogP contribution in [0, 0.1) is 6.92 Å². The minimum Gasteiger partial charge on any atom is -0.330 e. The van der Waals surface area contributed by atoms with Gasteiger partial charge in [0.1, 0.15) is 0 Å². The number of benzene rings is 2. The Balaban J connectivity index is 0.00000243. The van der Waals surface area contributed by atoms with Crippen molar-refractivity contribution in [2.45, 2.75) is 19.5 Å². The molecule has 0 radical (unpaired) electrons. The number of aromatic nitrogens is 2. The van der Waals surface area contributed by atoms with Crippen LogP contribution in [0.25, 0.3) is 16.9 Å². The molecule has 1 aromatic heterocycles. The minimum absolute atomic E-state index is 0. The monoisotopic (exact) mass is 381 g/mol. The van der Waals surface area contributed by atoms with Gasteiger partial charge in [0.15, 0.2) is 5.69 Å². The Morgan fingerprint density at radius 1 is 1.00 bits per heavy atom. The van der Waals surface area contributed by atoms with Crippen LogP contribution < -0.4 is 5.73 Å². The highest BCUT2D eigenvalue weighted by atomic mass is 35.5. The molecular weight excluding hydrogens is 363 g/mol. The fourth-order valence-corrected chi connectivity index (χ4v) is 2.62. The third-order valence-electron chi connectivity index (χ3n) is 3.96. The first-order chi connectivity index (χ1) is 11.9. The smallest absolute Gasteiger partial charge is 0.330 e. The molecule has 0 saturated carbocycles. The predicted octanol–water partition coefficient (Wildman–Crippen LogP) is 4.79. The summed E-state index contributed by atoms with van der Waals surface area (Å²) in [5.74, 6) is 0. The summed E-state index contributed by atoms with van der Waals surface area (Å²) >= 11 is 0. The molecule has 0 aliphatic carbocycles. The molecule has 0 aliphatic heterocycles. The van der Waals surface area contributed by atoms with Crippen molar-refractivity contribution >= 4 is 12.4 Å². The topological polar surface area (TPSA) is 43.8 Å². The number of hydrogen-bond donors (Lipinski definition) is 1. The molecule has 7 heteroatoms. The van der Waals surface area contributed by atoms with Crippen LogP contribution in [0.3, 0.4) is 0 Å². The van der Waals surface area contributed by atoms with E-state index in [-0.39, 0.29) is 12.4 Å². The number of alkyl halides is 3. The SMILES string of the molecule is Cc1ccc(-n2nc(C(F)(F)F)cc2-c2ccc(CCN)cc2)cc1.Cl. The first kappa shape index (κ1) is 20.0. The second-order valence-corrected chi connectivity index (χ2v) is 5.90. The van der Waals surface area contributed by atoms with Crippen LogP contribution in [0.4, 0.5) is 13.2 Å². The molecule has 3 rings (SSSR count). The van der Waals surface area contributed by atoms with E-state index in [4.69, 9.17) is 5.73 Å². The second kappa shape index (κ2) is 7.93. The van der Waals surface area contributed by atoms with E-state index in [1.54, 1.807) is 24.3 Å². The van der Waals surface area contributed by atoms with E-state index in [2.05, 4.69) is 5.10 Å². The van der Waals surface area contributed by atoms with Gasteiger partial charge in [-0.25, -0.2) is 4.68 Å². The van der Waals surface area contributed by atoms with Gasteiger partial charge in [0.25, 0.3) is 0 Å². The van der Waals surface area contributed by atoms with Gasteiger partial charge in [-0.3, -0.25) is 0 Å². The van der Waals surface area contributed by atoms with Crippen LogP contribution in [0.5, 0.6) is 0 Å². The van der Waals surface area contributed by atoms with E-state index in [0.29, 0.717) is 23.5 Å². The second-order valence-electron chi connectivity index (χ2n) is 5.90. The number of rotatable bonds is 4. The van der Waals surface area contributed by atoms with Crippen molar-refractivity contribution < 1.29 is 13.2 Å². The summed E-state index contributed by atoms with van der Waals surface area (Å²) in [6.07, 6.45) is -3.77. The largest absolute Gasteiger partial charge is 0.435 e. The third kappa shape index (κ3) is 4.26. The van der Waals surface area contributed by atoms with Crippen molar-refractivity contribution in [2.75, 3.05) is 6.54 Å². The lowest BCUT2D eigenvalue weighted by Gasteiger charge is -2.09. The van der Waals surface area contributed by atoms with Crippen LogP contribution in [0.2, 0.25) is 0 Å². The number of hydrogen-bond acceptors (Lipinski definition) is 2. The van der Waals surface area contributed by atoms with Crippen molar-refractivity contribution in [3.8, 4) is 16.9 Å². The summed E-state index contributed by atoms with van der Waals surface area (Å²) in [7, 11) is 0. The highest BCUT2D eigenvalue weighted by molar-refractivity contribution is 5.85. The average molecular weight is 382 g/mol. The zero-order valence-electron chi connectivity index (χ0n) is 14.1. The van der Waals surface area contributed by atoms with Gasteiger partial charge < -0.3 is 5.73 Å². The maximum absolute atomic E-state index is 13.2. The summed E-state index contributed by atoms with van der Waals surface area (Å²) in [5, 5.41) is 3.79. The normalized spacial score (nSPS) is 11.3. The molecule has 0 bridgehead atoms. The Morgan fingerprint density at radius 2 is 1.62 bits per heavy atom. The van der Waals surface area contributed by atoms with Gasteiger partial charge in [-0.1, -0.05) is 42.0 Å². The van der Waals surface area contributed by atoms with Crippen molar-refractivity contribution in [1.29, 1.82) is 0 Å². The van der Waals surface area contributed by atoms with Gasteiger partial charge in [0, 0.05) is 5.56 Å². The average Bonchev–Trinajstić information content (AvgIpc) is 3.02. The van der Waals surface area contributed by atoms with E-state index >= 15 is 0 Å². The number of aryl methyl sites for hydroxylation is 1. The zero-order valence-corrected chi connectivity index (χ0v) is 14.9. The molecule has 2 aromatic carbocycles. The van der Waals surface area contributed by atoms with E-state index < -0.39 is 11.9 Å². The van der Waals surface area contributed by atoms with E-state index in [1.807, 2.05) is 31.2 Å². The Labute approximate surface area is 156 Å². The quantitative estimate of drug-likeness (QED) is 0.706. The molecule has 0 spiro atoms. The van der Waals surface area contributed by atoms with E-state index in [0.717, 1.165) is 23.6 Å². The summed E-state index contributed by atoms with van der Waals surface area (Å²) < 4.78 is 40.8. The van der Waals surface area contributed by atoms with Crippen molar-refractivity contribution in [3.05, 3.63) is 71.4 Å². The highest BCUT2D eigenvalue weighted by Gasteiger charge is 2.35. The predicted molar refractivity (Wildman–Crippen MR) is 98.7 cm³/mol. The molecule has 3 aromatic rings. The molecule has 0 fully saturated rings. The lowest BCUT2D eigenvalue weighted by Crippen LogP contribution is -2.07. The van der Waals surface area contributed by atoms with Crippen LogP contribution in [0.15, 0.2) is 54.6 Å². The summed E-state index contributed by atoms with van der Waals surface area (Å²) in [6.45, 7) is 2.45. The molecule has 26 heavy (non-hydrogen) atoms. The van der Waals surface area contributed by atoms with E-state index in [1.165, 1.54) is 4.68 Å². The van der Waals surface area contributed by atoms with Gasteiger partial charge >= 0.3 is 6.18 Å². The maximum Gasteiger partial charge on any atom is 0.435 e. The van der Waals surface area contributed by atoms with Gasteiger partial charge in [-0.05, 0) is 43.7 Å². The standard InChI is InChI=1S/C19H18F3N3.ClH/c1-13-2-8-16(9-3-13)25-17(12-18(24-25)19(20,21)22)15-6-4-14(5-7-15)10-11-23;/h2-9,12H,10-11,23H2,1H3;1H. The summed E-state index contributed by atoms with van der Waals surface area (Å²) in [5.41, 5.74) is 8.35. The van der Waals surface area contributed by atoms with Crippen molar-refractivity contribution in [1.82, 2.24) is 9.78 Å². The number of nitrogens with zero attached hydrogens (tertiary/aromatic N) is 2. The molecule has 3 nitrogen and oxygen atoms in total. The molecular formula is C19H19ClF3N3. The van der Waals surface area contributed by atoms with Crippen molar-refractivity contribution in [3.63, 3.8) is 0 Å². The summed E-state index contributed by atoms with van der Waals surface area (Å²) in [4.78, 5) is 0. The van der Waals surface area contributed by atoms with E-state index in [9.17, 15) is 13.2 Å². The molecule has 0 saturated heterocycles. The number of nitrogens with two attached hydrogens (primary N) is 1. The Morgan fingerprint density at radius 3 is 2.15 bits per heavy atom. The fourth-order valence-electron chi connectivity index (χ4n) is 2.62. The van der Waals surface area contributed by atoms with Crippen LogP contribution in [-0.4, -0.2) is 16.3 Å². The molecule has 0 atom stereocenters. The molecule has 1 heterocycles. The maximum atomic E-state index is 13.2. The van der Waals surface area contributed by atoms with Gasteiger partial charge in [0.2, 0.25) is 0 Å². The van der Waals surface area contributed by atoms with Gasteiger partial charge in [0.05, 0.1) is 11.4 Å². The summed E-state index contributed by atoms with van der Waals surface area (Å²) in [6, 6.07) is 15.6. The molecule has 2 N–H and O–H groups in total. The van der Waals surface area contributed by atoms with Crippen LogP contribution in [0.1, 0.15) is 16.8 Å². The third-order valence-corrected chi connectivity index (χ3v) is 3.96. The lowest BCUT2D eigenvalue weighted by molar-refractivity contribution is -0.141. The van der Waals surface area contributed by atoms with Gasteiger partial charge in [-0.2, -0.15) is 18.3 Å². The fraction of sp³-hybridized carbons (Fsp3) is 0.211. The zero-order chi connectivity index (χ0) is 18.0. The molecule has 138 valence electrons. The van der Waals surface area contributed by atoms with Crippen LogP contribution >= 0.6 is 12.4 Å². The Hall–Kier alpha value is -2.31. The first-order valence-electron chi connectivity index (χ1n) is 7.92. The Kier molecular flexibility index (Phi) is 6.10. The number of halogens is 4. The molecule has 0 unspecified atom stereocenters. The first-order valence-corrected chi connectivity index (χ1v) is 7.92. The van der Waals surface area contributed by atoms with Gasteiger partial charge in [-0.15, -0.1) is 12.4 Å². The van der Waals surface area contributed by atoms with Crippen LogP contribution in [-0.2, 0) is 12.6 Å². The Bertz CT molecular complexity index is 853. The lowest BCUT2D eigenvalue weighted by atomic mass is 10.1. The molecule has 0 aliphatic rings. The minimum atomic E-state index is -4.50. The molecule has 0 amide bonds. The highest BCUT2D eigenvalue weighted by Crippen LogP contribution is 2.33. The van der Waals surface area contributed by atoms with Crippen molar-refractivity contribution in [2.24, 2.45) is 5.73 Å².